The quantitative estimate of drug-likeness (QED) is 0.225. The molecule has 192 valence electrons. The molecule has 3 amide bonds. The number of rotatable bonds is 10. The van der Waals surface area contributed by atoms with Crippen LogP contribution in [0.1, 0.15) is 18.2 Å². The first-order valence-electron chi connectivity index (χ1n) is 12.1. The summed E-state index contributed by atoms with van der Waals surface area (Å²) >= 11 is 0. The van der Waals surface area contributed by atoms with Gasteiger partial charge in [0.25, 0.3) is 0 Å². The van der Waals surface area contributed by atoms with E-state index in [0.29, 0.717) is 25.9 Å². The van der Waals surface area contributed by atoms with E-state index in [-0.39, 0.29) is 24.9 Å². The topological polar surface area (TPSA) is 169 Å². The molecule has 4 rings (SSSR count). The lowest BCUT2D eigenvalue weighted by Crippen LogP contribution is -2.49. The number of nitrogens with one attached hydrogen (secondary N) is 4. The average molecular weight is 496 g/mol. The van der Waals surface area contributed by atoms with E-state index in [1.807, 2.05) is 30.5 Å². The van der Waals surface area contributed by atoms with Gasteiger partial charge < -0.3 is 36.3 Å². The lowest BCUT2D eigenvalue weighted by Gasteiger charge is -2.22. The first kappa shape index (κ1) is 25.4. The number of nitrogens with two attached hydrogens (primary N) is 1. The minimum atomic E-state index is -1.11. The number of hydrogen-bond acceptors (Lipinski definition) is 6. The van der Waals surface area contributed by atoms with Crippen LogP contribution in [0.25, 0.3) is 10.9 Å². The minimum absolute atomic E-state index is 0.0652. The van der Waals surface area contributed by atoms with Gasteiger partial charge in [-0.05, 0) is 25.0 Å². The molecule has 7 N–H and O–H groups in total. The third kappa shape index (κ3) is 5.74. The van der Waals surface area contributed by atoms with Crippen LogP contribution in [0.15, 0.2) is 43.0 Å². The minimum Gasteiger partial charge on any atom is -0.391 e. The first-order valence-corrected chi connectivity index (χ1v) is 12.1. The number of nitrogens with zero attached hydrogens (tertiary/aromatic N) is 2. The van der Waals surface area contributed by atoms with E-state index in [9.17, 15) is 19.5 Å². The fourth-order valence-corrected chi connectivity index (χ4v) is 4.60. The Morgan fingerprint density at radius 2 is 1.78 bits per heavy atom. The molecule has 0 aliphatic carbocycles. The van der Waals surface area contributed by atoms with Crippen molar-refractivity contribution in [3.63, 3.8) is 0 Å². The summed E-state index contributed by atoms with van der Waals surface area (Å²) in [5, 5.41) is 16.7. The molecular weight excluding hydrogens is 462 g/mol. The van der Waals surface area contributed by atoms with Gasteiger partial charge in [-0.1, -0.05) is 18.2 Å². The number of aliphatic hydroxyl groups excluding tert-OH is 1. The molecule has 1 aliphatic heterocycles. The SMILES string of the molecule is C[C@@H](O)[C@H](N)C(=O)N1C[C@@H](C(=O)NCCc2cnc[nH]2)[C@H](C(=O)NCCc2c[nH]c3ccccc23)C1. The Balaban J connectivity index is 1.38. The van der Waals surface area contributed by atoms with Crippen LogP contribution in [-0.4, -0.2) is 81.0 Å². The summed E-state index contributed by atoms with van der Waals surface area (Å²) in [5.74, 6) is -2.50. The number of carbonyl (C=O) groups is 3. The Labute approximate surface area is 208 Å². The molecule has 11 heteroatoms. The number of carbonyl (C=O) groups excluding carboxylic acids is 3. The van der Waals surface area contributed by atoms with Crippen molar-refractivity contribution < 1.29 is 19.5 Å². The molecule has 1 aromatic carbocycles. The van der Waals surface area contributed by atoms with Crippen LogP contribution in [0.3, 0.4) is 0 Å². The van der Waals surface area contributed by atoms with Gasteiger partial charge in [0, 0.05) is 61.6 Å². The highest BCUT2D eigenvalue weighted by molar-refractivity contribution is 5.91. The van der Waals surface area contributed by atoms with Crippen LogP contribution < -0.4 is 16.4 Å². The fourth-order valence-electron chi connectivity index (χ4n) is 4.60. The largest absolute Gasteiger partial charge is 0.391 e. The molecule has 3 heterocycles. The van der Waals surface area contributed by atoms with Gasteiger partial charge >= 0.3 is 0 Å². The Hall–Kier alpha value is -3.70. The van der Waals surface area contributed by atoms with Gasteiger partial charge in [-0.3, -0.25) is 14.4 Å². The molecule has 1 fully saturated rings. The van der Waals surface area contributed by atoms with Crippen LogP contribution in [-0.2, 0) is 27.2 Å². The van der Waals surface area contributed by atoms with Crippen molar-refractivity contribution in [1.82, 2.24) is 30.5 Å². The maximum Gasteiger partial charge on any atom is 0.242 e. The molecule has 0 bridgehead atoms. The second-order valence-corrected chi connectivity index (χ2v) is 9.24. The Kier molecular flexibility index (Phi) is 8.01. The number of imidazole rings is 1. The van der Waals surface area contributed by atoms with Gasteiger partial charge in [0.15, 0.2) is 0 Å². The van der Waals surface area contributed by atoms with E-state index < -0.39 is 29.9 Å². The highest BCUT2D eigenvalue weighted by atomic mass is 16.3. The molecule has 0 unspecified atom stereocenters. The monoisotopic (exact) mass is 495 g/mol. The molecule has 0 radical (unpaired) electrons. The maximum absolute atomic E-state index is 13.2. The van der Waals surface area contributed by atoms with Crippen molar-refractivity contribution in [3.05, 3.63) is 54.2 Å². The van der Waals surface area contributed by atoms with Crippen molar-refractivity contribution in [3.8, 4) is 0 Å². The molecule has 36 heavy (non-hydrogen) atoms. The summed E-state index contributed by atoms with van der Waals surface area (Å²) in [5.41, 5.74) is 8.85. The number of aromatic nitrogens is 3. The number of H-pyrrole nitrogens is 2. The summed E-state index contributed by atoms with van der Waals surface area (Å²) in [6.07, 6.45) is 5.33. The smallest absolute Gasteiger partial charge is 0.242 e. The molecule has 2 aromatic heterocycles. The number of likely N-dealkylation sites (tertiary alicyclic amines) is 1. The van der Waals surface area contributed by atoms with Crippen molar-refractivity contribution in [1.29, 1.82) is 0 Å². The van der Waals surface area contributed by atoms with E-state index in [1.54, 1.807) is 12.5 Å². The summed E-state index contributed by atoms with van der Waals surface area (Å²) in [6, 6.07) is 6.84. The van der Waals surface area contributed by atoms with Crippen molar-refractivity contribution in [2.45, 2.75) is 31.9 Å². The number of hydrogen-bond donors (Lipinski definition) is 6. The van der Waals surface area contributed by atoms with Crippen LogP contribution in [0.5, 0.6) is 0 Å². The predicted molar refractivity (Wildman–Crippen MR) is 134 cm³/mol. The number of fused-ring (bicyclic) bond motifs is 1. The number of aromatic amines is 2. The third-order valence-corrected chi connectivity index (χ3v) is 6.73. The Bertz CT molecular complexity index is 1190. The second kappa shape index (κ2) is 11.4. The summed E-state index contributed by atoms with van der Waals surface area (Å²) in [6.45, 7) is 2.33. The van der Waals surface area contributed by atoms with E-state index in [2.05, 4.69) is 25.6 Å². The van der Waals surface area contributed by atoms with Crippen molar-refractivity contribution in [2.75, 3.05) is 26.2 Å². The number of benzene rings is 1. The zero-order chi connectivity index (χ0) is 25.7. The fraction of sp³-hybridized carbons (Fsp3) is 0.440. The number of para-hydroxylation sites is 1. The van der Waals surface area contributed by atoms with Crippen molar-refractivity contribution in [2.24, 2.45) is 17.6 Å². The maximum atomic E-state index is 13.2. The lowest BCUT2D eigenvalue weighted by molar-refractivity contribution is -0.134. The molecule has 1 saturated heterocycles. The summed E-state index contributed by atoms with van der Waals surface area (Å²) in [7, 11) is 0. The highest BCUT2D eigenvalue weighted by Gasteiger charge is 2.44. The normalized spacial score (nSPS) is 19.2. The van der Waals surface area contributed by atoms with Gasteiger partial charge in [0.05, 0.1) is 24.3 Å². The molecular formula is C25H33N7O4. The van der Waals surface area contributed by atoms with E-state index in [0.717, 1.165) is 22.2 Å². The van der Waals surface area contributed by atoms with Crippen LogP contribution in [0.2, 0.25) is 0 Å². The van der Waals surface area contributed by atoms with Gasteiger partial charge in [0.1, 0.15) is 6.04 Å². The predicted octanol–water partition coefficient (Wildman–Crippen LogP) is -0.309. The van der Waals surface area contributed by atoms with E-state index in [4.69, 9.17) is 5.73 Å². The molecule has 0 saturated carbocycles. The Morgan fingerprint density at radius 1 is 1.11 bits per heavy atom. The average Bonchev–Trinajstić information content (AvgIpc) is 3.63. The standard InChI is InChI=1S/C25H33N7O4/c1-15(33)22(26)25(36)32-12-19(20(13-32)24(35)29-9-7-17-11-27-14-31-17)23(34)28-8-6-16-10-30-21-5-3-2-4-18(16)21/h2-5,10-11,14-15,19-20,22,30,33H,6-9,12-13,26H2,1H3,(H,27,31)(H,28,34)(H,29,35)/t15-,19-,20-,22+/m1/s1. The molecule has 11 nitrogen and oxygen atoms in total. The second-order valence-electron chi connectivity index (χ2n) is 9.24. The molecule has 4 atom stereocenters. The zero-order valence-electron chi connectivity index (χ0n) is 20.2. The molecule has 3 aromatic rings. The van der Waals surface area contributed by atoms with Gasteiger partial charge in [-0.25, -0.2) is 4.98 Å². The zero-order valence-corrected chi connectivity index (χ0v) is 20.2. The Morgan fingerprint density at radius 3 is 2.42 bits per heavy atom. The number of amides is 3. The highest BCUT2D eigenvalue weighted by Crippen LogP contribution is 2.25. The number of aliphatic hydroxyl groups is 1. The van der Waals surface area contributed by atoms with E-state index >= 15 is 0 Å². The summed E-state index contributed by atoms with van der Waals surface area (Å²) < 4.78 is 0. The molecule has 1 aliphatic rings. The van der Waals surface area contributed by atoms with Gasteiger partial charge in [-0.2, -0.15) is 0 Å². The van der Waals surface area contributed by atoms with Crippen LogP contribution >= 0.6 is 0 Å². The van der Waals surface area contributed by atoms with Crippen molar-refractivity contribution >= 4 is 28.6 Å². The van der Waals surface area contributed by atoms with E-state index in [1.165, 1.54) is 11.8 Å². The van der Waals surface area contributed by atoms with Gasteiger partial charge in [-0.15, -0.1) is 0 Å². The van der Waals surface area contributed by atoms with Crippen LogP contribution in [0.4, 0.5) is 0 Å². The van der Waals surface area contributed by atoms with Gasteiger partial charge in [0.2, 0.25) is 17.7 Å². The third-order valence-electron chi connectivity index (χ3n) is 6.73. The summed E-state index contributed by atoms with van der Waals surface area (Å²) in [4.78, 5) is 50.5. The first-order chi connectivity index (χ1) is 17.3. The van der Waals surface area contributed by atoms with Crippen LogP contribution in [0, 0.1) is 11.8 Å². The lowest BCUT2D eigenvalue weighted by atomic mass is 9.94. The molecule has 0 spiro atoms.